The van der Waals surface area contributed by atoms with Crippen LogP contribution in [0.4, 0.5) is 4.39 Å². The predicted octanol–water partition coefficient (Wildman–Crippen LogP) is 2.90. The molecule has 0 bridgehead atoms. The fourth-order valence-corrected chi connectivity index (χ4v) is 4.90. The lowest BCUT2D eigenvalue weighted by atomic mass is 9.87. The van der Waals surface area contributed by atoms with E-state index < -0.39 is 15.8 Å². The molecule has 1 aromatic rings. The minimum absolute atomic E-state index is 0.0480. The van der Waals surface area contributed by atoms with Crippen molar-refractivity contribution in [3.8, 4) is 0 Å². The lowest BCUT2D eigenvalue weighted by molar-refractivity contribution is 0.310. The minimum atomic E-state index is -3.89. The zero-order valence-electron chi connectivity index (χ0n) is 11.9. The molecule has 1 aliphatic carbocycles. The van der Waals surface area contributed by atoms with Crippen molar-refractivity contribution in [2.24, 2.45) is 11.7 Å². The Labute approximate surface area is 133 Å². The van der Waals surface area contributed by atoms with Gasteiger partial charge in [-0.3, -0.25) is 0 Å². The van der Waals surface area contributed by atoms with Crippen LogP contribution in [0.3, 0.4) is 0 Å². The molecule has 118 valence electrons. The summed E-state index contributed by atoms with van der Waals surface area (Å²) >= 11 is 3.20. The third-order valence-corrected chi connectivity index (χ3v) is 5.95. The van der Waals surface area contributed by atoms with Gasteiger partial charge in [0.05, 0.1) is 0 Å². The number of sulfonamides is 1. The first-order chi connectivity index (χ1) is 9.85. The maximum absolute atomic E-state index is 14.3. The van der Waals surface area contributed by atoms with Crippen molar-refractivity contribution in [2.75, 3.05) is 0 Å². The molecule has 0 radical (unpaired) electrons. The van der Waals surface area contributed by atoms with Crippen LogP contribution in [0.2, 0.25) is 0 Å². The molecule has 0 aromatic heterocycles. The van der Waals surface area contributed by atoms with Gasteiger partial charge in [0.2, 0.25) is 10.0 Å². The van der Waals surface area contributed by atoms with Gasteiger partial charge in [-0.2, -0.15) is 0 Å². The zero-order chi connectivity index (χ0) is 15.6. The summed E-state index contributed by atoms with van der Waals surface area (Å²) in [4.78, 5) is -0.338. The van der Waals surface area contributed by atoms with Crippen molar-refractivity contribution < 1.29 is 12.8 Å². The van der Waals surface area contributed by atoms with Gasteiger partial charge in [-0.15, -0.1) is 0 Å². The number of benzene rings is 1. The van der Waals surface area contributed by atoms with Crippen molar-refractivity contribution in [2.45, 2.75) is 50.1 Å². The molecule has 1 aromatic carbocycles. The topological polar surface area (TPSA) is 72.2 Å². The number of nitrogens with two attached hydrogens (primary N) is 1. The van der Waals surface area contributed by atoms with Crippen LogP contribution in [0.25, 0.3) is 0 Å². The predicted molar refractivity (Wildman–Crippen MR) is 83.7 cm³/mol. The fraction of sp³-hybridized carbons (Fsp3) is 0.571. The van der Waals surface area contributed by atoms with Crippen LogP contribution >= 0.6 is 15.9 Å². The van der Waals surface area contributed by atoms with E-state index in [1.165, 1.54) is 12.1 Å². The van der Waals surface area contributed by atoms with Gasteiger partial charge in [-0.1, -0.05) is 35.7 Å². The Bertz CT molecular complexity index is 622. The highest BCUT2D eigenvalue weighted by Gasteiger charge is 2.29. The maximum Gasteiger partial charge on any atom is 0.243 e. The summed E-state index contributed by atoms with van der Waals surface area (Å²) in [5.41, 5.74) is 5.64. The number of hydrogen-bond acceptors (Lipinski definition) is 3. The average molecular weight is 379 g/mol. The molecule has 0 spiro atoms. The van der Waals surface area contributed by atoms with Crippen molar-refractivity contribution in [1.29, 1.82) is 0 Å². The van der Waals surface area contributed by atoms with Crippen LogP contribution in [0.15, 0.2) is 21.5 Å². The van der Waals surface area contributed by atoms with Gasteiger partial charge in [0, 0.05) is 22.6 Å². The molecule has 4 nitrogen and oxygen atoms in total. The summed E-state index contributed by atoms with van der Waals surface area (Å²) in [6, 6.07) is 2.64. The van der Waals surface area contributed by atoms with E-state index in [0.29, 0.717) is 4.47 Å². The van der Waals surface area contributed by atoms with Gasteiger partial charge < -0.3 is 5.73 Å². The van der Waals surface area contributed by atoms with E-state index in [1.54, 1.807) is 0 Å². The van der Waals surface area contributed by atoms with Gasteiger partial charge in [-0.25, -0.2) is 17.5 Å². The van der Waals surface area contributed by atoms with E-state index in [2.05, 4.69) is 20.7 Å². The first kappa shape index (κ1) is 16.9. The van der Waals surface area contributed by atoms with Crippen LogP contribution in [-0.2, 0) is 16.6 Å². The van der Waals surface area contributed by atoms with Crippen molar-refractivity contribution in [3.05, 3.63) is 28.0 Å². The third kappa shape index (κ3) is 3.83. The monoisotopic (exact) mass is 378 g/mol. The molecule has 21 heavy (non-hydrogen) atoms. The Morgan fingerprint density at radius 2 is 2.05 bits per heavy atom. The first-order valence-corrected chi connectivity index (χ1v) is 9.33. The van der Waals surface area contributed by atoms with Crippen molar-refractivity contribution >= 4 is 26.0 Å². The lowest BCUT2D eigenvalue weighted by Crippen LogP contribution is -2.41. The lowest BCUT2D eigenvalue weighted by Gasteiger charge is -2.29. The standard InChI is InChI=1S/C14H20BrFN2O2S/c1-9-4-2-3-5-12(9)18-21(19,20)13-7-11(15)6-10(8-17)14(13)16/h6-7,9,12,18H,2-5,8,17H2,1H3. The molecular weight excluding hydrogens is 359 g/mol. The highest BCUT2D eigenvalue weighted by molar-refractivity contribution is 9.10. The van der Waals surface area contributed by atoms with Crippen LogP contribution < -0.4 is 10.5 Å². The highest BCUT2D eigenvalue weighted by Crippen LogP contribution is 2.28. The molecule has 0 amide bonds. The quantitative estimate of drug-likeness (QED) is 0.845. The number of rotatable bonds is 4. The molecule has 2 atom stereocenters. The minimum Gasteiger partial charge on any atom is -0.326 e. The van der Waals surface area contributed by atoms with Gasteiger partial charge in [0.25, 0.3) is 0 Å². The molecular formula is C14H20BrFN2O2S. The van der Waals surface area contributed by atoms with Crippen LogP contribution in [0, 0.1) is 11.7 Å². The molecule has 1 fully saturated rings. The van der Waals surface area contributed by atoms with E-state index in [-0.39, 0.29) is 29.0 Å². The molecule has 3 N–H and O–H groups in total. The van der Waals surface area contributed by atoms with Crippen molar-refractivity contribution in [3.63, 3.8) is 0 Å². The summed E-state index contributed by atoms with van der Waals surface area (Å²) in [5.74, 6) is -0.505. The van der Waals surface area contributed by atoms with Crippen molar-refractivity contribution in [1.82, 2.24) is 4.72 Å². The average Bonchev–Trinajstić information content (AvgIpc) is 2.43. The largest absolute Gasteiger partial charge is 0.326 e. The Balaban J connectivity index is 2.33. The van der Waals surface area contributed by atoms with Gasteiger partial charge >= 0.3 is 0 Å². The molecule has 2 rings (SSSR count). The second-order valence-corrected chi connectivity index (χ2v) is 8.17. The number of hydrogen-bond donors (Lipinski definition) is 2. The summed E-state index contributed by atoms with van der Waals surface area (Å²) in [5, 5.41) is 0. The van der Waals surface area contributed by atoms with Gasteiger partial charge in [-0.05, 0) is 30.9 Å². The summed E-state index contributed by atoms with van der Waals surface area (Å²) in [6.45, 7) is 1.97. The molecule has 0 heterocycles. The van der Waals surface area contributed by atoms with E-state index >= 15 is 0 Å². The Hall–Kier alpha value is -0.500. The molecule has 0 aliphatic heterocycles. The molecule has 0 saturated heterocycles. The molecule has 1 aliphatic rings. The van der Waals surface area contributed by atoms with Gasteiger partial charge in [0.1, 0.15) is 10.7 Å². The second kappa shape index (κ2) is 6.73. The zero-order valence-corrected chi connectivity index (χ0v) is 14.3. The SMILES string of the molecule is CC1CCCCC1NS(=O)(=O)c1cc(Br)cc(CN)c1F. The van der Waals surface area contributed by atoms with E-state index in [4.69, 9.17) is 5.73 Å². The summed E-state index contributed by atoms with van der Waals surface area (Å²) in [7, 11) is -3.89. The highest BCUT2D eigenvalue weighted by atomic mass is 79.9. The van der Waals surface area contributed by atoms with Gasteiger partial charge in [0.15, 0.2) is 0 Å². The molecule has 7 heteroatoms. The Kier molecular flexibility index (Phi) is 5.40. The van der Waals surface area contributed by atoms with E-state index in [1.807, 2.05) is 6.92 Å². The number of halogens is 2. The molecule has 2 unspecified atom stereocenters. The maximum atomic E-state index is 14.3. The Morgan fingerprint density at radius 3 is 2.67 bits per heavy atom. The first-order valence-electron chi connectivity index (χ1n) is 7.05. The van der Waals surface area contributed by atoms with Crippen LogP contribution in [0.1, 0.15) is 38.2 Å². The normalized spacial score (nSPS) is 23.2. The number of nitrogens with one attached hydrogen (secondary N) is 1. The van der Waals surface area contributed by atoms with E-state index in [9.17, 15) is 12.8 Å². The summed E-state index contributed by atoms with van der Waals surface area (Å²) in [6.07, 6.45) is 3.89. The fourth-order valence-electron chi connectivity index (χ4n) is 2.72. The molecule has 1 saturated carbocycles. The van der Waals surface area contributed by atoms with E-state index in [0.717, 1.165) is 25.7 Å². The second-order valence-electron chi connectivity index (χ2n) is 5.57. The van der Waals surface area contributed by atoms with Crippen LogP contribution in [-0.4, -0.2) is 14.5 Å². The van der Waals surface area contributed by atoms with Crippen LogP contribution in [0.5, 0.6) is 0 Å². The Morgan fingerprint density at radius 1 is 1.38 bits per heavy atom. The third-order valence-electron chi connectivity index (χ3n) is 4.01. The summed E-state index contributed by atoms with van der Waals surface area (Å²) < 4.78 is 42.4. The smallest absolute Gasteiger partial charge is 0.243 e.